The van der Waals surface area contributed by atoms with Crippen molar-refractivity contribution in [2.45, 2.75) is 77.1 Å². The fraction of sp³-hybridized carbons (Fsp3) is 0.667. The lowest BCUT2D eigenvalue weighted by molar-refractivity contribution is 0.205. The number of rotatable bonds is 6. The molecule has 0 aromatic heterocycles. The Hall–Kier alpha value is -1.64. The fourth-order valence-corrected chi connectivity index (χ4v) is 4.91. The number of thioether (sulfide) groups is 1. The Morgan fingerprint density at radius 1 is 1.34 bits per heavy atom. The summed E-state index contributed by atoms with van der Waals surface area (Å²) in [6.07, 6.45) is 5.94. The molecule has 4 atom stereocenters. The van der Waals surface area contributed by atoms with Gasteiger partial charge in [0.05, 0.1) is 11.4 Å². The number of anilines is 2. The second-order valence-electron chi connectivity index (χ2n) is 8.40. The van der Waals surface area contributed by atoms with Gasteiger partial charge < -0.3 is 22.6 Å². The maximum atomic E-state index is 6.43. The molecular formula is C21H39N7S. The Morgan fingerprint density at radius 3 is 2.69 bits per heavy atom. The highest BCUT2D eigenvalue weighted by atomic mass is 32.2. The van der Waals surface area contributed by atoms with E-state index < -0.39 is 0 Å². The first-order valence-corrected chi connectivity index (χ1v) is 11.5. The number of benzene rings is 1. The minimum atomic E-state index is 0.0415. The number of nitrogens with two attached hydrogens (primary N) is 4. The van der Waals surface area contributed by atoms with Crippen LogP contribution in [0.15, 0.2) is 23.3 Å². The van der Waals surface area contributed by atoms with Gasteiger partial charge in [0.15, 0.2) is 5.17 Å². The van der Waals surface area contributed by atoms with Crippen LogP contribution < -0.4 is 28.5 Å². The molecular weight excluding hydrogens is 382 g/mol. The lowest BCUT2D eigenvalue weighted by Gasteiger charge is -2.41. The number of hydrazine groups is 1. The molecule has 4 unspecified atom stereocenters. The number of hydrogen-bond donors (Lipinski definition) is 5. The molecule has 7 nitrogen and oxygen atoms in total. The van der Waals surface area contributed by atoms with E-state index in [-0.39, 0.29) is 16.7 Å². The molecule has 1 aliphatic carbocycles. The molecule has 9 N–H and O–H groups in total. The van der Waals surface area contributed by atoms with Crippen LogP contribution in [0.4, 0.5) is 11.4 Å². The molecule has 1 aromatic carbocycles. The molecule has 0 radical (unpaired) electrons. The molecule has 2 rings (SSSR count). The van der Waals surface area contributed by atoms with Crippen molar-refractivity contribution in [3.8, 4) is 0 Å². The molecule has 0 saturated heterocycles. The maximum absolute atomic E-state index is 6.43. The van der Waals surface area contributed by atoms with Crippen LogP contribution in [0.25, 0.3) is 0 Å². The number of nitrogens with one attached hydrogen (secondary N) is 1. The summed E-state index contributed by atoms with van der Waals surface area (Å²) >= 11 is 1.54. The van der Waals surface area contributed by atoms with Crippen molar-refractivity contribution < 1.29 is 0 Å². The van der Waals surface area contributed by atoms with E-state index in [1.807, 2.05) is 13.0 Å². The molecule has 1 saturated carbocycles. The van der Waals surface area contributed by atoms with Gasteiger partial charge in [-0.15, -0.1) is 0 Å². The second-order valence-corrected chi connectivity index (χ2v) is 9.70. The van der Waals surface area contributed by atoms with Crippen molar-refractivity contribution in [3.63, 3.8) is 0 Å². The lowest BCUT2D eigenvalue weighted by atomic mass is 9.73. The van der Waals surface area contributed by atoms with Gasteiger partial charge in [-0.25, -0.2) is 5.84 Å². The van der Waals surface area contributed by atoms with Crippen molar-refractivity contribution in [3.05, 3.63) is 23.8 Å². The summed E-state index contributed by atoms with van der Waals surface area (Å²) in [7, 11) is 0. The van der Waals surface area contributed by atoms with Crippen LogP contribution in [0.3, 0.4) is 0 Å². The molecule has 8 heteroatoms. The first-order chi connectivity index (χ1) is 13.7. The average Bonchev–Trinajstić information content (AvgIpc) is 2.89. The van der Waals surface area contributed by atoms with Crippen LogP contribution in [0, 0.1) is 5.41 Å². The summed E-state index contributed by atoms with van der Waals surface area (Å²) in [6.45, 7) is 9.15. The number of amidine groups is 1. The summed E-state index contributed by atoms with van der Waals surface area (Å²) in [5, 5.41) is 9.88. The zero-order chi connectivity index (χ0) is 21.6. The van der Waals surface area contributed by atoms with Crippen LogP contribution in [0.2, 0.25) is 0 Å². The van der Waals surface area contributed by atoms with E-state index in [0.717, 1.165) is 29.8 Å². The van der Waals surface area contributed by atoms with Crippen molar-refractivity contribution in [1.29, 1.82) is 0 Å². The highest BCUT2D eigenvalue weighted by Crippen LogP contribution is 2.40. The highest BCUT2D eigenvalue weighted by Gasteiger charge is 2.38. The van der Waals surface area contributed by atoms with Crippen LogP contribution in [-0.4, -0.2) is 28.8 Å². The summed E-state index contributed by atoms with van der Waals surface area (Å²) in [6, 6.07) is 6.57. The molecule has 0 aliphatic heterocycles. The quantitative estimate of drug-likeness (QED) is 0.118. The Balaban J connectivity index is 2.23. The normalized spacial score (nSPS) is 25.2. The van der Waals surface area contributed by atoms with E-state index >= 15 is 0 Å². The predicted molar refractivity (Wildman–Crippen MR) is 127 cm³/mol. The first kappa shape index (κ1) is 23.6. The van der Waals surface area contributed by atoms with Gasteiger partial charge in [0, 0.05) is 29.3 Å². The SMILES string of the molecule is CCN(N)/C(=N\N)SC(C)c1ccc(N)c(NC2CCCCCC2(C)C(C)N)c1. The van der Waals surface area contributed by atoms with E-state index in [1.54, 1.807) is 5.01 Å². The Kier molecular flexibility index (Phi) is 8.48. The van der Waals surface area contributed by atoms with Gasteiger partial charge in [-0.3, -0.25) is 5.01 Å². The lowest BCUT2D eigenvalue weighted by Crippen LogP contribution is -2.49. The zero-order valence-electron chi connectivity index (χ0n) is 18.3. The summed E-state index contributed by atoms with van der Waals surface area (Å²) in [5.74, 6) is 11.5. The van der Waals surface area contributed by atoms with Gasteiger partial charge in [-0.1, -0.05) is 44.0 Å². The third-order valence-electron chi connectivity index (χ3n) is 6.40. The molecule has 1 aromatic rings. The number of nitrogen functional groups attached to an aromatic ring is 1. The Bertz CT molecular complexity index is 694. The van der Waals surface area contributed by atoms with Crippen LogP contribution in [0.1, 0.15) is 70.6 Å². The van der Waals surface area contributed by atoms with Crippen molar-refractivity contribution in [2.24, 2.45) is 27.9 Å². The minimum absolute atomic E-state index is 0.0415. The van der Waals surface area contributed by atoms with Gasteiger partial charge in [-0.05, 0) is 51.3 Å². The van der Waals surface area contributed by atoms with Gasteiger partial charge >= 0.3 is 0 Å². The minimum Gasteiger partial charge on any atom is -0.397 e. The fourth-order valence-electron chi connectivity index (χ4n) is 3.99. The van der Waals surface area contributed by atoms with E-state index in [0.29, 0.717) is 17.8 Å². The summed E-state index contributed by atoms with van der Waals surface area (Å²) in [4.78, 5) is 0. The first-order valence-electron chi connectivity index (χ1n) is 10.6. The summed E-state index contributed by atoms with van der Waals surface area (Å²) in [5.41, 5.74) is 15.7. The summed E-state index contributed by atoms with van der Waals surface area (Å²) < 4.78 is 0. The molecule has 0 amide bonds. The molecule has 0 bridgehead atoms. The standard InChI is InChI=1S/C21H39N7S/c1-5-28(25)20(27-24)29-14(2)16-10-11-17(23)18(13-16)26-19-9-7-6-8-12-21(19,4)15(3)22/h10-11,13-15,19,26H,5-9,12,22-25H2,1-4H3/b27-20+. The van der Waals surface area contributed by atoms with Crippen molar-refractivity contribution in [2.75, 3.05) is 17.6 Å². The van der Waals surface area contributed by atoms with Crippen LogP contribution >= 0.6 is 11.8 Å². The van der Waals surface area contributed by atoms with E-state index in [9.17, 15) is 0 Å². The van der Waals surface area contributed by atoms with Crippen molar-refractivity contribution in [1.82, 2.24) is 5.01 Å². The Morgan fingerprint density at radius 2 is 2.07 bits per heavy atom. The monoisotopic (exact) mass is 421 g/mol. The molecule has 29 heavy (non-hydrogen) atoms. The van der Waals surface area contributed by atoms with Gasteiger partial charge in [-0.2, -0.15) is 5.10 Å². The second kappa shape index (κ2) is 10.4. The van der Waals surface area contributed by atoms with E-state index in [4.69, 9.17) is 23.2 Å². The zero-order valence-corrected chi connectivity index (χ0v) is 19.1. The molecule has 1 aliphatic rings. The van der Waals surface area contributed by atoms with E-state index in [1.165, 1.54) is 31.0 Å². The smallest absolute Gasteiger partial charge is 0.197 e. The number of hydrazone groups is 1. The number of nitrogens with zero attached hydrogens (tertiary/aromatic N) is 2. The molecule has 0 heterocycles. The number of hydrogen-bond acceptors (Lipinski definition) is 7. The van der Waals surface area contributed by atoms with Crippen LogP contribution in [0.5, 0.6) is 0 Å². The van der Waals surface area contributed by atoms with Gasteiger partial charge in [0.1, 0.15) is 0 Å². The van der Waals surface area contributed by atoms with E-state index in [2.05, 4.69) is 43.3 Å². The molecule has 164 valence electrons. The van der Waals surface area contributed by atoms with Gasteiger partial charge in [0.2, 0.25) is 0 Å². The third kappa shape index (κ3) is 5.71. The highest BCUT2D eigenvalue weighted by molar-refractivity contribution is 8.13. The van der Waals surface area contributed by atoms with Crippen LogP contribution in [-0.2, 0) is 0 Å². The van der Waals surface area contributed by atoms with Gasteiger partial charge in [0.25, 0.3) is 0 Å². The maximum Gasteiger partial charge on any atom is 0.197 e. The topological polar surface area (TPSA) is 132 Å². The average molecular weight is 422 g/mol. The Labute approximate surface area is 180 Å². The largest absolute Gasteiger partial charge is 0.397 e. The molecule has 0 spiro atoms. The van der Waals surface area contributed by atoms with Crippen molar-refractivity contribution >= 4 is 28.3 Å². The molecule has 1 fully saturated rings. The predicted octanol–water partition coefficient (Wildman–Crippen LogP) is 3.59. The third-order valence-corrected chi connectivity index (χ3v) is 7.58.